The van der Waals surface area contributed by atoms with E-state index in [2.05, 4.69) is 9.97 Å². The Labute approximate surface area is 105 Å². The van der Waals surface area contributed by atoms with Gasteiger partial charge in [-0.1, -0.05) is 24.3 Å². The fourth-order valence-electron chi connectivity index (χ4n) is 2.13. The monoisotopic (exact) mass is 236 g/mol. The van der Waals surface area contributed by atoms with E-state index in [-0.39, 0.29) is 6.61 Å². The summed E-state index contributed by atoms with van der Waals surface area (Å²) in [5.74, 6) is 0. The third kappa shape index (κ3) is 1.75. The minimum Gasteiger partial charge on any atom is -0.392 e. The SMILES string of the molecule is OCc1cccc2ccnc(-c3ccccn3)c12. The number of nitrogens with zero attached hydrogens (tertiary/aromatic N) is 2. The van der Waals surface area contributed by atoms with Crippen molar-refractivity contribution in [2.24, 2.45) is 0 Å². The molecule has 0 aliphatic rings. The van der Waals surface area contributed by atoms with Gasteiger partial charge in [-0.15, -0.1) is 0 Å². The predicted molar refractivity (Wildman–Crippen MR) is 70.9 cm³/mol. The maximum Gasteiger partial charge on any atom is 0.0968 e. The number of aliphatic hydroxyl groups excluding tert-OH is 1. The van der Waals surface area contributed by atoms with Crippen LogP contribution in [0.1, 0.15) is 5.56 Å². The number of pyridine rings is 2. The largest absolute Gasteiger partial charge is 0.392 e. The summed E-state index contributed by atoms with van der Waals surface area (Å²) in [6, 6.07) is 13.6. The molecule has 3 rings (SSSR count). The fourth-order valence-corrected chi connectivity index (χ4v) is 2.13. The Morgan fingerprint density at radius 1 is 0.889 bits per heavy atom. The molecule has 2 aromatic heterocycles. The van der Waals surface area contributed by atoms with Gasteiger partial charge in [0.2, 0.25) is 0 Å². The number of hydrogen-bond donors (Lipinski definition) is 1. The van der Waals surface area contributed by atoms with E-state index in [4.69, 9.17) is 0 Å². The van der Waals surface area contributed by atoms with Crippen LogP contribution in [0.2, 0.25) is 0 Å². The standard InChI is InChI=1S/C15H12N2O/c18-10-12-5-3-4-11-7-9-17-15(14(11)12)13-6-1-2-8-16-13/h1-9,18H,10H2. The molecule has 3 nitrogen and oxygen atoms in total. The number of aliphatic hydroxyl groups is 1. The lowest BCUT2D eigenvalue weighted by Crippen LogP contribution is -1.93. The van der Waals surface area contributed by atoms with Gasteiger partial charge in [-0.2, -0.15) is 0 Å². The van der Waals surface area contributed by atoms with Crippen LogP contribution in [0.15, 0.2) is 54.9 Å². The Kier molecular flexibility index (Phi) is 2.74. The molecule has 0 spiro atoms. The highest BCUT2D eigenvalue weighted by Gasteiger charge is 2.09. The number of benzene rings is 1. The van der Waals surface area contributed by atoms with Gasteiger partial charge >= 0.3 is 0 Å². The van der Waals surface area contributed by atoms with Gasteiger partial charge in [0, 0.05) is 17.8 Å². The van der Waals surface area contributed by atoms with Crippen LogP contribution < -0.4 is 0 Å². The van der Waals surface area contributed by atoms with Gasteiger partial charge in [-0.3, -0.25) is 9.97 Å². The van der Waals surface area contributed by atoms with E-state index in [9.17, 15) is 5.11 Å². The van der Waals surface area contributed by atoms with Crippen LogP contribution in [-0.4, -0.2) is 15.1 Å². The average molecular weight is 236 g/mol. The Morgan fingerprint density at radius 3 is 2.61 bits per heavy atom. The smallest absolute Gasteiger partial charge is 0.0968 e. The van der Waals surface area contributed by atoms with Gasteiger partial charge in [-0.25, -0.2) is 0 Å². The highest BCUT2D eigenvalue weighted by Crippen LogP contribution is 2.27. The number of hydrogen-bond acceptors (Lipinski definition) is 3. The van der Waals surface area contributed by atoms with Crippen LogP contribution in [0.3, 0.4) is 0 Å². The zero-order valence-corrected chi connectivity index (χ0v) is 9.74. The molecule has 0 radical (unpaired) electrons. The van der Waals surface area contributed by atoms with Crippen molar-refractivity contribution in [3.63, 3.8) is 0 Å². The first-order valence-electron chi connectivity index (χ1n) is 5.79. The van der Waals surface area contributed by atoms with E-state index >= 15 is 0 Å². The second-order valence-corrected chi connectivity index (χ2v) is 4.05. The topological polar surface area (TPSA) is 46.0 Å². The van der Waals surface area contributed by atoms with Crippen molar-refractivity contribution < 1.29 is 5.11 Å². The van der Waals surface area contributed by atoms with E-state index in [1.165, 1.54) is 0 Å². The minimum atomic E-state index is 0.00284. The summed E-state index contributed by atoms with van der Waals surface area (Å²) < 4.78 is 0. The van der Waals surface area contributed by atoms with E-state index in [1.807, 2.05) is 42.5 Å². The highest BCUT2D eigenvalue weighted by molar-refractivity contribution is 5.96. The molecule has 0 aliphatic carbocycles. The summed E-state index contributed by atoms with van der Waals surface area (Å²) in [4.78, 5) is 8.74. The van der Waals surface area contributed by atoms with Crippen molar-refractivity contribution in [1.82, 2.24) is 9.97 Å². The van der Waals surface area contributed by atoms with Crippen molar-refractivity contribution in [3.05, 3.63) is 60.4 Å². The minimum absolute atomic E-state index is 0.00284. The molecule has 0 fully saturated rings. The van der Waals surface area contributed by atoms with Crippen molar-refractivity contribution in [3.8, 4) is 11.4 Å². The second kappa shape index (κ2) is 4.55. The molecule has 0 saturated heterocycles. The van der Waals surface area contributed by atoms with Crippen LogP contribution in [-0.2, 0) is 6.61 Å². The quantitative estimate of drug-likeness (QED) is 0.744. The van der Waals surface area contributed by atoms with Gasteiger partial charge in [0.05, 0.1) is 18.0 Å². The Bertz CT molecular complexity index is 675. The van der Waals surface area contributed by atoms with Gasteiger partial charge < -0.3 is 5.11 Å². The van der Waals surface area contributed by atoms with E-state index in [1.54, 1.807) is 12.4 Å². The maximum atomic E-state index is 9.46. The number of rotatable bonds is 2. The Hall–Kier alpha value is -2.26. The molecule has 88 valence electrons. The molecule has 2 heterocycles. The molecule has 0 unspecified atom stereocenters. The lowest BCUT2D eigenvalue weighted by Gasteiger charge is -2.08. The molecule has 0 bridgehead atoms. The van der Waals surface area contributed by atoms with Crippen LogP contribution in [0.5, 0.6) is 0 Å². The average Bonchev–Trinajstić information content (AvgIpc) is 2.47. The summed E-state index contributed by atoms with van der Waals surface area (Å²) in [5, 5.41) is 11.5. The van der Waals surface area contributed by atoms with Crippen molar-refractivity contribution in [2.75, 3.05) is 0 Å². The van der Waals surface area contributed by atoms with Gasteiger partial charge in [0.1, 0.15) is 0 Å². The summed E-state index contributed by atoms with van der Waals surface area (Å²) in [5.41, 5.74) is 2.52. The zero-order valence-electron chi connectivity index (χ0n) is 9.74. The molecule has 3 aromatic rings. The lowest BCUT2D eigenvalue weighted by molar-refractivity contribution is 0.283. The molecule has 0 amide bonds. The van der Waals surface area contributed by atoms with Crippen molar-refractivity contribution in [2.45, 2.75) is 6.61 Å². The van der Waals surface area contributed by atoms with Crippen molar-refractivity contribution in [1.29, 1.82) is 0 Å². The Balaban J connectivity index is 2.36. The van der Waals surface area contributed by atoms with Gasteiger partial charge in [0.25, 0.3) is 0 Å². The molecule has 0 atom stereocenters. The molecule has 0 saturated carbocycles. The van der Waals surface area contributed by atoms with E-state index < -0.39 is 0 Å². The molecule has 1 aromatic carbocycles. The normalized spacial score (nSPS) is 10.7. The molecule has 18 heavy (non-hydrogen) atoms. The Morgan fingerprint density at radius 2 is 1.83 bits per heavy atom. The third-order valence-electron chi connectivity index (χ3n) is 2.96. The third-order valence-corrected chi connectivity index (χ3v) is 2.96. The first-order chi connectivity index (χ1) is 8.90. The first kappa shape index (κ1) is 10.9. The van der Waals surface area contributed by atoms with Crippen LogP contribution in [0, 0.1) is 0 Å². The van der Waals surface area contributed by atoms with Crippen LogP contribution >= 0.6 is 0 Å². The number of aromatic nitrogens is 2. The molecular weight excluding hydrogens is 224 g/mol. The molecule has 3 heteroatoms. The lowest BCUT2D eigenvalue weighted by atomic mass is 10.0. The highest BCUT2D eigenvalue weighted by atomic mass is 16.3. The van der Waals surface area contributed by atoms with Crippen LogP contribution in [0.25, 0.3) is 22.2 Å². The van der Waals surface area contributed by atoms with Crippen molar-refractivity contribution >= 4 is 10.8 Å². The molecular formula is C15H12N2O. The number of fused-ring (bicyclic) bond motifs is 1. The molecule has 1 N–H and O–H groups in total. The van der Waals surface area contributed by atoms with Gasteiger partial charge in [0.15, 0.2) is 0 Å². The summed E-state index contributed by atoms with van der Waals surface area (Å²) in [6.07, 6.45) is 3.52. The second-order valence-electron chi connectivity index (χ2n) is 4.05. The fraction of sp³-hybridized carbons (Fsp3) is 0.0667. The zero-order chi connectivity index (χ0) is 12.4. The van der Waals surface area contributed by atoms with Crippen LogP contribution in [0.4, 0.5) is 0 Å². The maximum absolute atomic E-state index is 9.46. The van der Waals surface area contributed by atoms with E-state index in [0.29, 0.717) is 0 Å². The summed E-state index contributed by atoms with van der Waals surface area (Å²) in [6.45, 7) is 0.00284. The summed E-state index contributed by atoms with van der Waals surface area (Å²) in [7, 11) is 0. The van der Waals surface area contributed by atoms with Gasteiger partial charge in [-0.05, 0) is 29.1 Å². The first-order valence-corrected chi connectivity index (χ1v) is 5.79. The molecule has 0 aliphatic heterocycles. The van der Waals surface area contributed by atoms with E-state index in [0.717, 1.165) is 27.7 Å². The summed E-state index contributed by atoms with van der Waals surface area (Å²) >= 11 is 0. The predicted octanol–water partition coefficient (Wildman–Crippen LogP) is 2.79.